The lowest BCUT2D eigenvalue weighted by Gasteiger charge is -2.25. The third-order valence-corrected chi connectivity index (χ3v) is 5.87. The first-order valence-electron chi connectivity index (χ1n) is 9.75. The summed E-state index contributed by atoms with van der Waals surface area (Å²) < 4.78 is 0. The van der Waals surface area contributed by atoms with E-state index in [-0.39, 0.29) is 22.6 Å². The lowest BCUT2D eigenvalue weighted by atomic mass is 9.92. The number of hydrogen-bond donors (Lipinski definition) is 1. The van der Waals surface area contributed by atoms with Crippen LogP contribution in [0.5, 0.6) is 0 Å². The van der Waals surface area contributed by atoms with Crippen LogP contribution >= 0.6 is 11.8 Å². The zero-order valence-corrected chi connectivity index (χ0v) is 18.5. The number of benzene rings is 2. The van der Waals surface area contributed by atoms with E-state index < -0.39 is 0 Å². The summed E-state index contributed by atoms with van der Waals surface area (Å²) >= 11 is 1.61. The van der Waals surface area contributed by atoms with Gasteiger partial charge in [-0.25, -0.2) is 0 Å². The lowest BCUT2D eigenvalue weighted by molar-refractivity contribution is -0.118. The Morgan fingerprint density at radius 1 is 1.17 bits per heavy atom. The number of nitrogens with one attached hydrogen (secondary N) is 1. The van der Waals surface area contributed by atoms with Crippen LogP contribution in [0.25, 0.3) is 0 Å². The highest BCUT2D eigenvalue weighted by Gasteiger charge is 2.34. The van der Waals surface area contributed by atoms with E-state index in [0.29, 0.717) is 12.2 Å². The maximum absolute atomic E-state index is 12.6. The van der Waals surface area contributed by atoms with Gasteiger partial charge >= 0.3 is 0 Å². The van der Waals surface area contributed by atoms with Crippen molar-refractivity contribution < 1.29 is 9.59 Å². The van der Waals surface area contributed by atoms with Crippen LogP contribution in [0.3, 0.4) is 0 Å². The molecule has 1 heterocycles. The summed E-state index contributed by atoms with van der Waals surface area (Å²) in [5.74, 6) is 0.543. The molecule has 154 valence electrons. The predicted molar refractivity (Wildman–Crippen MR) is 123 cm³/mol. The molecule has 6 heteroatoms. The molecule has 0 spiro atoms. The molecule has 1 atom stereocenters. The van der Waals surface area contributed by atoms with Crippen LogP contribution in [0, 0.1) is 5.41 Å². The fourth-order valence-electron chi connectivity index (χ4n) is 3.32. The van der Waals surface area contributed by atoms with Gasteiger partial charge in [0, 0.05) is 37.6 Å². The smallest absolute Gasteiger partial charge is 0.238 e. The summed E-state index contributed by atoms with van der Waals surface area (Å²) in [5.41, 5.74) is 3.68. The molecule has 1 aliphatic heterocycles. The molecule has 2 aromatic rings. The van der Waals surface area contributed by atoms with Crippen molar-refractivity contribution in [3.8, 4) is 0 Å². The monoisotopic (exact) mass is 411 g/mol. The first-order valence-corrected chi connectivity index (χ1v) is 10.8. The Bertz CT molecular complexity index is 888. The molecule has 0 unspecified atom stereocenters. The second-order valence-electron chi connectivity index (χ2n) is 8.75. The molecule has 0 saturated carbocycles. The summed E-state index contributed by atoms with van der Waals surface area (Å²) in [5, 5.41) is 2.89. The van der Waals surface area contributed by atoms with Crippen molar-refractivity contribution in [3.63, 3.8) is 0 Å². The van der Waals surface area contributed by atoms with Gasteiger partial charge in [-0.3, -0.25) is 14.5 Å². The average molecular weight is 412 g/mol. The standard InChI is InChI=1S/C23H29N3O2S/c1-23(2,3)14-20(27)24-17-8-6-7-16(13-17)22-26(21(28)15-29-22)19-11-9-18(10-12-19)25(4)5/h6-13,22H,14-15H2,1-5H3,(H,24,27)/t22-/m1/s1. The normalized spacial score (nSPS) is 16.8. The fraction of sp³-hybridized carbons (Fsp3) is 0.391. The summed E-state index contributed by atoms with van der Waals surface area (Å²) in [6.45, 7) is 6.13. The van der Waals surface area contributed by atoms with Crippen molar-refractivity contribution in [2.45, 2.75) is 32.6 Å². The van der Waals surface area contributed by atoms with E-state index in [2.05, 4.69) is 5.32 Å². The van der Waals surface area contributed by atoms with Gasteiger partial charge in [0.25, 0.3) is 0 Å². The zero-order chi connectivity index (χ0) is 21.2. The molecule has 0 aliphatic carbocycles. The Labute approximate surface area is 177 Å². The second-order valence-corrected chi connectivity index (χ2v) is 9.82. The number of carbonyl (C=O) groups excluding carboxylic acids is 2. The van der Waals surface area contributed by atoms with Crippen LogP contribution in [0.4, 0.5) is 17.1 Å². The summed E-state index contributed by atoms with van der Waals surface area (Å²) in [6.07, 6.45) is 0.457. The number of rotatable bonds is 5. The third-order valence-electron chi connectivity index (χ3n) is 4.66. The highest BCUT2D eigenvalue weighted by atomic mass is 32.2. The van der Waals surface area contributed by atoms with Crippen molar-refractivity contribution in [3.05, 3.63) is 54.1 Å². The third kappa shape index (κ3) is 5.32. The molecular formula is C23H29N3O2S. The van der Waals surface area contributed by atoms with Crippen LogP contribution in [0.1, 0.15) is 38.1 Å². The second kappa shape index (κ2) is 8.49. The number of amides is 2. The van der Waals surface area contributed by atoms with Crippen LogP contribution in [0.2, 0.25) is 0 Å². The van der Waals surface area contributed by atoms with Crippen LogP contribution in [-0.2, 0) is 9.59 Å². The van der Waals surface area contributed by atoms with Gasteiger partial charge in [0.15, 0.2) is 0 Å². The lowest BCUT2D eigenvalue weighted by Crippen LogP contribution is -2.28. The number of nitrogens with zero attached hydrogens (tertiary/aromatic N) is 2. The fourth-order valence-corrected chi connectivity index (χ4v) is 4.48. The average Bonchev–Trinajstić information content (AvgIpc) is 3.02. The van der Waals surface area contributed by atoms with E-state index in [1.165, 1.54) is 0 Å². The first kappa shape index (κ1) is 21.2. The van der Waals surface area contributed by atoms with Crippen molar-refractivity contribution >= 4 is 40.6 Å². The van der Waals surface area contributed by atoms with Crippen molar-refractivity contribution in [1.29, 1.82) is 0 Å². The minimum Gasteiger partial charge on any atom is -0.378 e. The highest BCUT2D eigenvalue weighted by Crippen LogP contribution is 2.42. The van der Waals surface area contributed by atoms with Gasteiger partial charge in [-0.05, 0) is 47.4 Å². The van der Waals surface area contributed by atoms with Crippen LogP contribution < -0.4 is 15.1 Å². The molecule has 3 rings (SSSR count). The summed E-state index contributed by atoms with van der Waals surface area (Å²) in [6, 6.07) is 15.8. The van der Waals surface area contributed by atoms with Crippen LogP contribution in [0.15, 0.2) is 48.5 Å². The molecule has 29 heavy (non-hydrogen) atoms. The molecule has 1 fully saturated rings. The Morgan fingerprint density at radius 3 is 2.48 bits per heavy atom. The molecule has 1 saturated heterocycles. The number of hydrogen-bond acceptors (Lipinski definition) is 4. The molecule has 5 nitrogen and oxygen atoms in total. The minimum atomic E-state index is -0.104. The van der Waals surface area contributed by atoms with Crippen molar-refractivity contribution in [2.24, 2.45) is 5.41 Å². The maximum Gasteiger partial charge on any atom is 0.238 e. The molecule has 2 amide bonds. The quantitative estimate of drug-likeness (QED) is 0.760. The van der Waals surface area contributed by atoms with E-state index in [9.17, 15) is 9.59 Å². The highest BCUT2D eigenvalue weighted by molar-refractivity contribution is 8.00. The van der Waals surface area contributed by atoms with E-state index >= 15 is 0 Å². The van der Waals surface area contributed by atoms with Gasteiger partial charge in [0.05, 0.1) is 5.75 Å². The Morgan fingerprint density at radius 2 is 1.86 bits per heavy atom. The number of carbonyl (C=O) groups is 2. The Kier molecular flexibility index (Phi) is 6.22. The first-order chi connectivity index (χ1) is 13.6. The van der Waals surface area contributed by atoms with Gasteiger partial charge < -0.3 is 10.2 Å². The molecular weight excluding hydrogens is 382 g/mol. The van der Waals surface area contributed by atoms with Gasteiger partial charge in [-0.2, -0.15) is 0 Å². The molecule has 0 bridgehead atoms. The van der Waals surface area contributed by atoms with E-state index in [1.54, 1.807) is 11.8 Å². The molecule has 0 aromatic heterocycles. The number of anilines is 3. The van der Waals surface area contributed by atoms with Gasteiger partial charge in [-0.1, -0.05) is 32.9 Å². The molecule has 2 aromatic carbocycles. The molecule has 1 N–H and O–H groups in total. The zero-order valence-electron chi connectivity index (χ0n) is 17.7. The van der Waals surface area contributed by atoms with Gasteiger partial charge in [0.1, 0.15) is 5.37 Å². The van der Waals surface area contributed by atoms with E-state index in [4.69, 9.17) is 0 Å². The topological polar surface area (TPSA) is 52.6 Å². The van der Waals surface area contributed by atoms with E-state index in [0.717, 1.165) is 22.6 Å². The van der Waals surface area contributed by atoms with Crippen LogP contribution in [-0.4, -0.2) is 31.7 Å². The summed E-state index contributed by atoms with van der Waals surface area (Å²) in [4.78, 5) is 28.8. The van der Waals surface area contributed by atoms with Crippen molar-refractivity contribution in [1.82, 2.24) is 0 Å². The largest absolute Gasteiger partial charge is 0.378 e. The minimum absolute atomic E-state index is 0.000863. The Balaban J connectivity index is 1.81. The Hall–Kier alpha value is -2.47. The molecule has 0 radical (unpaired) electrons. The molecule has 1 aliphatic rings. The van der Waals surface area contributed by atoms with E-state index in [1.807, 2.05) is 93.2 Å². The summed E-state index contributed by atoms with van der Waals surface area (Å²) in [7, 11) is 3.99. The SMILES string of the molecule is CN(C)c1ccc(N2C(=O)CS[C@@H]2c2cccc(NC(=O)CC(C)(C)C)c2)cc1. The van der Waals surface area contributed by atoms with Gasteiger partial charge in [0.2, 0.25) is 11.8 Å². The van der Waals surface area contributed by atoms with Crippen molar-refractivity contribution in [2.75, 3.05) is 35.0 Å². The van der Waals surface area contributed by atoms with Gasteiger partial charge in [-0.15, -0.1) is 11.8 Å². The predicted octanol–water partition coefficient (Wildman–Crippen LogP) is 4.91. The number of thioether (sulfide) groups is 1. The maximum atomic E-state index is 12.6.